The molecule has 1 aromatic carbocycles. The summed E-state index contributed by atoms with van der Waals surface area (Å²) in [5.41, 5.74) is 2.09. The lowest BCUT2D eigenvalue weighted by Crippen LogP contribution is -2.59. The number of aromatic nitrogens is 3. The Morgan fingerprint density at radius 2 is 2.05 bits per heavy atom. The molecule has 1 fully saturated rings. The predicted molar refractivity (Wildman–Crippen MR) is 148 cm³/mol. The highest BCUT2D eigenvalue weighted by molar-refractivity contribution is 7.22. The second kappa shape index (κ2) is 12.7. The Balaban J connectivity index is 1.51. The van der Waals surface area contributed by atoms with Crippen LogP contribution >= 0.6 is 22.9 Å². The van der Waals surface area contributed by atoms with E-state index in [1.165, 1.54) is 11.3 Å². The number of carbonyl (C=O) groups is 2. The first-order valence-electron chi connectivity index (χ1n) is 13.0. The van der Waals surface area contributed by atoms with Gasteiger partial charge in [0.05, 0.1) is 28.1 Å². The third-order valence-electron chi connectivity index (χ3n) is 6.58. The number of unbranched alkanes of at least 4 members (excludes halogenated alkanes) is 2. The number of H-pyrrole nitrogens is 1. The first kappa shape index (κ1) is 27.3. The normalized spacial score (nSPS) is 17.8. The monoisotopic (exact) mass is 546 g/mol. The van der Waals surface area contributed by atoms with E-state index < -0.39 is 0 Å². The van der Waals surface area contributed by atoms with Crippen molar-refractivity contribution in [3.63, 3.8) is 0 Å². The summed E-state index contributed by atoms with van der Waals surface area (Å²) >= 11 is 7.66. The number of anilines is 1. The fourth-order valence-corrected chi connectivity index (χ4v) is 5.94. The quantitative estimate of drug-likeness (QED) is 0.238. The van der Waals surface area contributed by atoms with Crippen LogP contribution in [-0.2, 0) is 11.2 Å². The van der Waals surface area contributed by atoms with Gasteiger partial charge in [-0.2, -0.15) is 0 Å². The van der Waals surface area contributed by atoms with Crippen molar-refractivity contribution < 1.29 is 14.3 Å². The maximum atomic E-state index is 13.0. The molecule has 1 aliphatic rings. The van der Waals surface area contributed by atoms with Crippen LogP contribution in [0.3, 0.4) is 0 Å². The number of imidazole rings is 1. The number of fused-ring (bicyclic) bond motifs is 1. The first-order valence-corrected chi connectivity index (χ1v) is 14.2. The zero-order valence-electron chi connectivity index (χ0n) is 21.6. The molecule has 1 aliphatic heterocycles. The molecule has 2 atom stereocenters. The van der Waals surface area contributed by atoms with E-state index in [9.17, 15) is 9.59 Å². The summed E-state index contributed by atoms with van der Waals surface area (Å²) in [4.78, 5) is 39.7. The second-order valence-corrected chi connectivity index (χ2v) is 10.5. The van der Waals surface area contributed by atoms with Gasteiger partial charge in [0, 0.05) is 25.2 Å². The van der Waals surface area contributed by atoms with E-state index in [1.54, 1.807) is 13.0 Å². The van der Waals surface area contributed by atoms with Gasteiger partial charge in [-0.15, -0.1) is 0 Å². The van der Waals surface area contributed by atoms with Crippen LogP contribution in [0, 0.1) is 0 Å². The van der Waals surface area contributed by atoms with Gasteiger partial charge in [0.25, 0.3) is 5.91 Å². The third-order valence-corrected chi connectivity index (χ3v) is 8.06. The van der Waals surface area contributed by atoms with E-state index in [-0.39, 0.29) is 29.8 Å². The summed E-state index contributed by atoms with van der Waals surface area (Å²) in [5.74, 6) is -0.337. The number of halogens is 1. The average Bonchev–Trinajstić information content (AvgIpc) is 3.50. The maximum Gasteiger partial charge on any atom is 0.339 e. The van der Waals surface area contributed by atoms with Crippen LogP contribution in [0.1, 0.15) is 73.1 Å². The van der Waals surface area contributed by atoms with Crippen molar-refractivity contribution in [2.75, 3.05) is 31.1 Å². The van der Waals surface area contributed by atoms with Crippen LogP contribution < -0.4 is 15.5 Å². The molecule has 0 bridgehead atoms. The number of hydrogen-bond acceptors (Lipinski definition) is 8. The van der Waals surface area contributed by atoms with Gasteiger partial charge in [0.1, 0.15) is 0 Å². The van der Waals surface area contributed by atoms with Gasteiger partial charge >= 0.3 is 5.97 Å². The molecule has 0 spiro atoms. The lowest BCUT2D eigenvalue weighted by molar-refractivity contribution is 0.0528. The topological polar surface area (TPSA) is 112 Å². The van der Waals surface area contributed by atoms with Gasteiger partial charge in [0.15, 0.2) is 16.1 Å². The van der Waals surface area contributed by atoms with Crippen molar-refractivity contribution in [3.8, 4) is 0 Å². The Morgan fingerprint density at radius 3 is 2.78 bits per heavy atom. The molecule has 2 aromatic heterocycles. The second-order valence-electron chi connectivity index (χ2n) is 9.16. The number of nitrogens with one attached hydrogen (secondary N) is 3. The molecular formula is C26H35ClN6O3S. The van der Waals surface area contributed by atoms with E-state index in [0.29, 0.717) is 30.3 Å². The molecule has 1 saturated heterocycles. The number of hydrogen-bond donors (Lipinski definition) is 3. The zero-order valence-corrected chi connectivity index (χ0v) is 23.2. The Labute approximate surface area is 226 Å². The van der Waals surface area contributed by atoms with Crippen LogP contribution in [-0.4, -0.2) is 65.2 Å². The number of carbonyl (C=O) groups excluding carboxylic acids is 2. The third kappa shape index (κ3) is 6.42. The van der Waals surface area contributed by atoms with E-state index in [2.05, 4.69) is 32.4 Å². The molecule has 200 valence electrons. The summed E-state index contributed by atoms with van der Waals surface area (Å²) < 4.78 is 6.07. The van der Waals surface area contributed by atoms with E-state index in [1.807, 2.05) is 19.1 Å². The van der Waals surface area contributed by atoms with Crippen molar-refractivity contribution >= 4 is 50.2 Å². The van der Waals surface area contributed by atoms with Crippen LogP contribution in [0.2, 0.25) is 5.15 Å². The number of rotatable bonds is 11. The number of nitrogens with zero attached hydrogens (tertiary/aromatic N) is 3. The highest BCUT2D eigenvalue weighted by atomic mass is 35.5. The zero-order chi connectivity index (χ0) is 26.4. The molecule has 3 aromatic rings. The Bertz CT molecular complexity index is 1230. The van der Waals surface area contributed by atoms with Gasteiger partial charge in [-0.1, -0.05) is 55.7 Å². The van der Waals surface area contributed by atoms with Crippen LogP contribution in [0.25, 0.3) is 10.2 Å². The summed E-state index contributed by atoms with van der Waals surface area (Å²) in [6.45, 7) is 8.56. The molecule has 1 amide bonds. The lowest BCUT2D eigenvalue weighted by Gasteiger charge is -2.39. The molecule has 9 nitrogen and oxygen atoms in total. The van der Waals surface area contributed by atoms with E-state index >= 15 is 0 Å². The maximum absolute atomic E-state index is 13.0. The number of thiazole rings is 1. The van der Waals surface area contributed by atoms with Crippen LogP contribution in [0.5, 0.6) is 0 Å². The summed E-state index contributed by atoms with van der Waals surface area (Å²) in [6.07, 6.45) is 4.79. The highest BCUT2D eigenvalue weighted by Gasteiger charge is 2.32. The number of aryl methyl sites for hydroxylation is 1. The van der Waals surface area contributed by atoms with Crippen molar-refractivity contribution in [1.29, 1.82) is 0 Å². The average molecular weight is 547 g/mol. The number of ether oxygens (including phenoxy) is 1. The fourth-order valence-electron chi connectivity index (χ4n) is 4.58. The summed E-state index contributed by atoms with van der Waals surface area (Å²) in [7, 11) is 0. The first-order chi connectivity index (χ1) is 17.9. The molecule has 3 N–H and O–H groups in total. The molecule has 0 radical (unpaired) electrons. The van der Waals surface area contributed by atoms with Gasteiger partial charge < -0.3 is 25.3 Å². The predicted octanol–water partition coefficient (Wildman–Crippen LogP) is 4.57. The van der Waals surface area contributed by atoms with E-state index in [4.69, 9.17) is 21.3 Å². The number of amides is 1. The van der Waals surface area contributed by atoms with Gasteiger partial charge in [-0.05, 0) is 44.9 Å². The summed E-state index contributed by atoms with van der Waals surface area (Å²) in [5, 5.41) is 8.03. The van der Waals surface area contributed by atoms with Crippen molar-refractivity contribution in [2.45, 2.75) is 65.0 Å². The van der Waals surface area contributed by atoms with Crippen molar-refractivity contribution in [2.24, 2.45) is 0 Å². The number of benzene rings is 1. The van der Waals surface area contributed by atoms with Gasteiger partial charge in [0.2, 0.25) is 0 Å². The Morgan fingerprint density at radius 1 is 1.22 bits per heavy atom. The fraction of sp³-hybridized carbons (Fsp3) is 0.538. The molecule has 0 saturated carbocycles. The minimum absolute atomic E-state index is 0.0298. The lowest BCUT2D eigenvalue weighted by atomic mass is 9.99. The minimum Gasteiger partial charge on any atom is -0.462 e. The molecule has 37 heavy (non-hydrogen) atoms. The number of piperidine rings is 1. The Kier molecular flexibility index (Phi) is 9.39. The van der Waals surface area contributed by atoms with Crippen LogP contribution in [0.4, 0.5) is 5.13 Å². The molecule has 0 aliphatic carbocycles. The van der Waals surface area contributed by atoms with Crippen LogP contribution in [0.15, 0.2) is 18.2 Å². The summed E-state index contributed by atoms with van der Waals surface area (Å²) in [6, 6.07) is 5.51. The molecule has 11 heteroatoms. The molecule has 4 rings (SSSR count). The van der Waals surface area contributed by atoms with Crippen molar-refractivity contribution in [1.82, 2.24) is 25.6 Å². The van der Waals surface area contributed by atoms with Crippen molar-refractivity contribution in [3.05, 3.63) is 40.4 Å². The number of aromatic amines is 1. The number of esters is 1. The standard InChI is InChI=1S/C26H35ClN6O3S/c1-4-7-8-13-28-20-15-33(14-12-18(20)30-24(34)23-29-17(5-2)22(27)32-23)26-31-19-11-9-10-16(21(19)37-26)25(35)36-6-3/h9-11,18,20,28H,4-8,12-15H2,1-3H3,(H,29,32)(H,30,34)/t18-,20+/m0/s1. The molecule has 0 unspecified atom stereocenters. The Hall–Kier alpha value is -2.69. The molecule has 3 heterocycles. The largest absolute Gasteiger partial charge is 0.462 e. The SMILES string of the molecule is CCCCCN[C@@H]1CN(c2nc3cccc(C(=O)OCC)c3s2)CC[C@@H]1NC(=O)c1nc(Cl)c(CC)[nH]1. The highest BCUT2D eigenvalue weighted by Crippen LogP contribution is 2.33. The molecular weight excluding hydrogens is 512 g/mol. The van der Waals surface area contributed by atoms with Gasteiger partial charge in [-0.25, -0.2) is 14.8 Å². The minimum atomic E-state index is -0.329. The van der Waals surface area contributed by atoms with E-state index in [0.717, 1.165) is 59.8 Å². The van der Waals surface area contributed by atoms with Gasteiger partial charge in [-0.3, -0.25) is 4.79 Å². The smallest absolute Gasteiger partial charge is 0.339 e.